The summed E-state index contributed by atoms with van der Waals surface area (Å²) in [7, 11) is 0. The maximum atomic E-state index is 7.28. The Morgan fingerprint density at radius 3 is 3.07 bits per heavy atom. The molecule has 2 rings (SSSR count). The van der Waals surface area contributed by atoms with Crippen molar-refractivity contribution in [3.63, 3.8) is 0 Å². The molecule has 0 saturated heterocycles. The minimum Gasteiger partial charge on any atom is -0.478 e. The van der Waals surface area contributed by atoms with Crippen molar-refractivity contribution in [1.29, 1.82) is 5.41 Å². The van der Waals surface area contributed by atoms with E-state index in [1.165, 1.54) is 12.8 Å². The number of amidine groups is 1. The van der Waals surface area contributed by atoms with E-state index in [4.69, 9.17) is 15.9 Å². The van der Waals surface area contributed by atoms with Crippen molar-refractivity contribution < 1.29 is 4.74 Å². The highest BCUT2D eigenvalue weighted by Gasteiger charge is 2.20. The van der Waals surface area contributed by atoms with E-state index in [1.54, 1.807) is 18.3 Å². The number of aromatic nitrogens is 1. The molecule has 1 aliphatic carbocycles. The fourth-order valence-corrected chi connectivity index (χ4v) is 1.39. The van der Waals surface area contributed by atoms with Gasteiger partial charge in [-0.15, -0.1) is 0 Å². The molecule has 0 spiro atoms. The van der Waals surface area contributed by atoms with Crippen LogP contribution >= 0.6 is 0 Å². The predicted octanol–water partition coefficient (Wildman–Crippen LogP) is 1.54. The lowest BCUT2D eigenvalue weighted by Gasteiger charge is -2.05. The van der Waals surface area contributed by atoms with Crippen molar-refractivity contribution >= 4 is 5.84 Å². The molecule has 4 nitrogen and oxygen atoms in total. The standard InChI is InChI=1S/C11H15N3O/c12-11(13)9-3-5-14-10(7-9)15-6-4-8-1-2-8/h3,5,7-8H,1-2,4,6H2,(H3,12,13). The Morgan fingerprint density at radius 1 is 1.60 bits per heavy atom. The highest BCUT2D eigenvalue weighted by atomic mass is 16.5. The van der Waals surface area contributed by atoms with E-state index >= 15 is 0 Å². The van der Waals surface area contributed by atoms with Gasteiger partial charge in [0.25, 0.3) is 0 Å². The number of hydrogen-bond acceptors (Lipinski definition) is 3. The molecule has 0 aromatic carbocycles. The Bertz CT molecular complexity index is 361. The number of nitrogen functional groups attached to an aromatic ring is 1. The van der Waals surface area contributed by atoms with Gasteiger partial charge in [0.2, 0.25) is 5.88 Å². The summed E-state index contributed by atoms with van der Waals surface area (Å²) in [5, 5.41) is 7.28. The number of nitrogens with zero attached hydrogens (tertiary/aromatic N) is 1. The quantitative estimate of drug-likeness (QED) is 0.565. The first-order chi connectivity index (χ1) is 7.25. The third-order valence-corrected chi connectivity index (χ3v) is 2.52. The van der Waals surface area contributed by atoms with Crippen molar-refractivity contribution in [1.82, 2.24) is 4.98 Å². The molecule has 0 bridgehead atoms. The van der Waals surface area contributed by atoms with Gasteiger partial charge >= 0.3 is 0 Å². The van der Waals surface area contributed by atoms with Crippen molar-refractivity contribution in [2.45, 2.75) is 19.3 Å². The van der Waals surface area contributed by atoms with E-state index < -0.39 is 0 Å². The summed E-state index contributed by atoms with van der Waals surface area (Å²) in [6.45, 7) is 0.707. The molecular formula is C11H15N3O. The van der Waals surface area contributed by atoms with Gasteiger partial charge in [0.05, 0.1) is 6.61 Å². The molecular weight excluding hydrogens is 190 g/mol. The van der Waals surface area contributed by atoms with Gasteiger partial charge in [-0.2, -0.15) is 0 Å². The van der Waals surface area contributed by atoms with Crippen molar-refractivity contribution in [3.8, 4) is 5.88 Å². The minimum absolute atomic E-state index is 0.0458. The lowest BCUT2D eigenvalue weighted by molar-refractivity contribution is 0.291. The summed E-state index contributed by atoms with van der Waals surface area (Å²) in [4.78, 5) is 4.06. The Balaban J connectivity index is 1.88. The van der Waals surface area contributed by atoms with Crippen LogP contribution < -0.4 is 10.5 Å². The van der Waals surface area contributed by atoms with E-state index in [1.807, 2.05) is 0 Å². The van der Waals surface area contributed by atoms with Crippen LogP contribution in [0.4, 0.5) is 0 Å². The van der Waals surface area contributed by atoms with Crippen LogP contribution in [0.2, 0.25) is 0 Å². The molecule has 15 heavy (non-hydrogen) atoms. The van der Waals surface area contributed by atoms with Crippen molar-refractivity contribution in [2.75, 3.05) is 6.61 Å². The summed E-state index contributed by atoms with van der Waals surface area (Å²) in [5.74, 6) is 1.47. The smallest absolute Gasteiger partial charge is 0.213 e. The molecule has 1 aliphatic rings. The van der Waals surface area contributed by atoms with Gasteiger partial charge in [0.15, 0.2) is 0 Å². The van der Waals surface area contributed by atoms with Gasteiger partial charge < -0.3 is 10.5 Å². The molecule has 1 heterocycles. The summed E-state index contributed by atoms with van der Waals surface area (Å²) in [5.41, 5.74) is 6.03. The Morgan fingerprint density at radius 2 is 2.40 bits per heavy atom. The van der Waals surface area contributed by atoms with Crippen LogP contribution in [0.5, 0.6) is 5.88 Å². The number of nitrogens with one attached hydrogen (secondary N) is 1. The average molecular weight is 205 g/mol. The zero-order valence-corrected chi connectivity index (χ0v) is 8.57. The van der Waals surface area contributed by atoms with Gasteiger partial charge in [0, 0.05) is 17.8 Å². The van der Waals surface area contributed by atoms with Gasteiger partial charge in [-0.05, 0) is 18.4 Å². The van der Waals surface area contributed by atoms with Gasteiger partial charge in [0.1, 0.15) is 5.84 Å². The second-order valence-electron chi connectivity index (χ2n) is 3.88. The molecule has 0 amide bonds. The van der Waals surface area contributed by atoms with E-state index in [2.05, 4.69) is 4.98 Å². The molecule has 0 aliphatic heterocycles. The van der Waals surface area contributed by atoms with E-state index in [0.717, 1.165) is 12.3 Å². The maximum absolute atomic E-state index is 7.28. The molecule has 1 aromatic heterocycles. The molecule has 0 unspecified atom stereocenters. The first-order valence-electron chi connectivity index (χ1n) is 5.19. The van der Waals surface area contributed by atoms with Crippen LogP contribution in [0, 0.1) is 11.3 Å². The molecule has 1 fully saturated rings. The number of rotatable bonds is 5. The first kappa shape index (κ1) is 9.96. The Labute approximate surface area is 89.0 Å². The third-order valence-electron chi connectivity index (χ3n) is 2.52. The van der Waals surface area contributed by atoms with Gasteiger partial charge in [-0.3, -0.25) is 5.41 Å². The molecule has 80 valence electrons. The van der Waals surface area contributed by atoms with Crippen LogP contribution in [-0.2, 0) is 0 Å². The summed E-state index contributed by atoms with van der Waals surface area (Å²) in [6, 6.07) is 3.41. The maximum Gasteiger partial charge on any atom is 0.213 e. The second kappa shape index (κ2) is 4.29. The minimum atomic E-state index is 0.0458. The SMILES string of the molecule is N=C(N)c1ccnc(OCCC2CC2)c1. The van der Waals surface area contributed by atoms with Gasteiger partial charge in [-0.25, -0.2) is 4.98 Å². The molecule has 1 saturated carbocycles. The number of pyridine rings is 1. The second-order valence-corrected chi connectivity index (χ2v) is 3.88. The topological polar surface area (TPSA) is 72.0 Å². The first-order valence-corrected chi connectivity index (χ1v) is 5.19. The highest BCUT2D eigenvalue weighted by molar-refractivity contribution is 5.95. The highest BCUT2D eigenvalue weighted by Crippen LogP contribution is 2.32. The zero-order valence-electron chi connectivity index (χ0n) is 8.57. The Hall–Kier alpha value is -1.58. The van der Waals surface area contributed by atoms with Crippen LogP contribution in [0.25, 0.3) is 0 Å². The van der Waals surface area contributed by atoms with E-state index in [0.29, 0.717) is 18.1 Å². The molecule has 0 radical (unpaired) electrons. The van der Waals surface area contributed by atoms with Crippen LogP contribution in [-0.4, -0.2) is 17.4 Å². The summed E-state index contributed by atoms with van der Waals surface area (Å²) < 4.78 is 5.48. The average Bonchev–Trinajstić information content (AvgIpc) is 3.02. The van der Waals surface area contributed by atoms with E-state index in [-0.39, 0.29) is 5.84 Å². The predicted molar refractivity (Wildman–Crippen MR) is 58.1 cm³/mol. The largest absolute Gasteiger partial charge is 0.478 e. The molecule has 4 heteroatoms. The van der Waals surface area contributed by atoms with Crippen LogP contribution in [0.1, 0.15) is 24.8 Å². The lowest BCUT2D eigenvalue weighted by Crippen LogP contribution is -2.11. The molecule has 3 N–H and O–H groups in total. The van der Waals surface area contributed by atoms with Crippen LogP contribution in [0.3, 0.4) is 0 Å². The lowest BCUT2D eigenvalue weighted by atomic mass is 10.2. The summed E-state index contributed by atoms with van der Waals surface area (Å²) >= 11 is 0. The van der Waals surface area contributed by atoms with Crippen molar-refractivity contribution in [2.24, 2.45) is 11.7 Å². The normalized spacial score (nSPS) is 14.9. The summed E-state index contributed by atoms with van der Waals surface area (Å²) in [6.07, 6.45) is 5.39. The molecule has 0 atom stereocenters. The third kappa shape index (κ3) is 2.94. The van der Waals surface area contributed by atoms with E-state index in [9.17, 15) is 0 Å². The van der Waals surface area contributed by atoms with Crippen molar-refractivity contribution in [3.05, 3.63) is 23.9 Å². The fraction of sp³-hybridized carbons (Fsp3) is 0.455. The van der Waals surface area contributed by atoms with Gasteiger partial charge in [-0.1, -0.05) is 12.8 Å². The fourth-order valence-electron chi connectivity index (χ4n) is 1.39. The number of hydrogen-bond donors (Lipinski definition) is 2. The Kier molecular flexibility index (Phi) is 2.85. The zero-order chi connectivity index (χ0) is 10.7. The monoisotopic (exact) mass is 205 g/mol. The number of ether oxygens (including phenoxy) is 1. The number of nitrogens with two attached hydrogens (primary N) is 1. The molecule has 1 aromatic rings. The van der Waals surface area contributed by atoms with Crippen LogP contribution in [0.15, 0.2) is 18.3 Å².